The van der Waals surface area contributed by atoms with Crippen molar-refractivity contribution in [1.29, 1.82) is 0 Å². The summed E-state index contributed by atoms with van der Waals surface area (Å²) in [5.74, 6) is -2.65. The van der Waals surface area contributed by atoms with Crippen molar-refractivity contribution < 1.29 is 18.3 Å². The predicted octanol–water partition coefficient (Wildman–Crippen LogP) is 2.32. The maximum Gasteiger partial charge on any atom is 0.354 e. The molecule has 92 valence electrons. The number of halogens is 2. The minimum absolute atomic E-state index is 0.0236. The summed E-state index contributed by atoms with van der Waals surface area (Å²) in [5.41, 5.74) is 2.14. The average Bonchev–Trinajstić information content (AvgIpc) is 2.31. The summed E-state index contributed by atoms with van der Waals surface area (Å²) in [6, 6.07) is 3.62. The molecular formula is C11H12F2N2O2. The first-order valence-corrected chi connectivity index (χ1v) is 4.97. The van der Waals surface area contributed by atoms with Gasteiger partial charge in [-0.1, -0.05) is 6.07 Å². The standard InChI is InChI=1S/C11H12F2N2O2/c1-3-17-11(16)7(2)14-15-9-6-4-5-8(12)10(9)13/h4-6,15H,3H2,1-2H3. The number of carbonyl (C=O) groups excluding carboxylic acids is 1. The summed E-state index contributed by atoms with van der Waals surface area (Å²) in [7, 11) is 0. The van der Waals surface area contributed by atoms with Crippen LogP contribution in [-0.4, -0.2) is 18.3 Å². The summed E-state index contributed by atoms with van der Waals surface area (Å²) in [6.45, 7) is 3.28. The number of esters is 1. The van der Waals surface area contributed by atoms with Crippen molar-refractivity contribution in [1.82, 2.24) is 0 Å². The van der Waals surface area contributed by atoms with E-state index >= 15 is 0 Å². The highest BCUT2D eigenvalue weighted by atomic mass is 19.2. The van der Waals surface area contributed by atoms with Gasteiger partial charge in [0.1, 0.15) is 5.71 Å². The lowest BCUT2D eigenvalue weighted by atomic mass is 10.3. The fraction of sp³-hybridized carbons (Fsp3) is 0.273. The summed E-state index contributed by atoms with van der Waals surface area (Å²) in [4.78, 5) is 11.2. The summed E-state index contributed by atoms with van der Waals surface area (Å²) < 4.78 is 30.7. The maximum atomic E-state index is 13.2. The van der Waals surface area contributed by atoms with Crippen molar-refractivity contribution in [2.45, 2.75) is 13.8 Å². The van der Waals surface area contributed by atoms with Crippen LogP contribution < -0.4 is 5.43 Å². The SMILES string of the molecule is CCOC(=O)C(C)=NNc1cccc(F)c1F. The van der Waals surface area contributed by atoms with Gasteiger partial charge in [-0.3, -0.25) is 5.43 Å². The third-order valence-corrected chi connectivity index (χ3v) is 1.87. The van der Waals surface area contributed by atoms with Crippen LogP contribution in [0.2, 0.25) is 0 Å². The first kappa shape index (κ1) is 13.1. The topological polar surface area (TPSA) is 50.7 Å². The molecule has 17 heavy (non-hydrogen) atoms. The van der Waals surface area contributed by atoms with E-state index in [2.05, 4.69) is 15.3 Å². The monoisotopic (exact) mass is 242 g/mol. The molecule has 1 aromatic rings. The minimum Gasteiger partial charge on any atom is -0.461 e. The van der Waals surface area contributed by atoms with Gasteiger partial charge >= 0.3 is 5.97 Å². The molecule has 0 aliphatic rings. The van der Waals surface area contributed by atoms with E-state index in [1.807, 2.05) is 0 Å². The van der Waals surface area contributed by atoms with Crippen LogP contribution in [0.5, 0.6) is 0 Å². The molecule has 0 aliphatic heterocycles. The van der Waals surface area contributed by atoms with Gasteiger partial charge in [0.2, 0.25) is 0 Å². The molecule has 0 aromatic heterocycles. The van der Waals surface area contributed by atoms with Crippen molar-refractivity contribution in [3.63, 3.8) is 0 Å². The van der Waals surface area contributed by atoms with Crippen molar-refractivity contribution in [3.8, 4) is 0 Å². The van der Waals surface area contributed by atoms with E-state index < -0.39 is 17.6 Å². The van der Waals surface area contributed by atoms with Gasteiger partial charge in [0.25, 0.3) is 0 Å². The van der Waals surface area contributed by atoms with Gasteiger partial charge in [0.05, 0.1) is 12.3 Å². The third kappa shape index (κ3) is 3.51. The van der Waals surface area contributed by atoms with Gasteiger partial charge < -0.3 is 4.74 Å². The molecule has 0 fully saturated rings. The quantitative estimate of drug-likeness (QED) is 0.500. The van der Waals surface area contributed by atoms with Gasteiger partial charge in [0, 0.05) is 0 Å². The molecule has 0 amide bonds. The first-order chi connectivity index (χ1) is 8.06. The number of ether oxygens (including phenoxy) is 1. The molecule has 0 spiro atoms. The Morgan fingerprint density at radius 2 is 2.18 bits per heavy atom. The van der Waals surface area contributed by atoms with E-state index in [1.54, 1.807) is 6.92 Å². The molecule has 1 N–H and O–H groups in total. The van der Waals surface area contributed by atoms with Gasteiger partial charge in [-0.25, -0.2) is 13.6 Å². The van der Waals surface area contributed by atoms with E-state index in [0.29, 0.717) is 0 Å². The van der Waals surface area contributed by atoms with Crippen molar-refractivity contribution in [3.05, 3.63) is 29.8 Å². The normalized spacial score (nSPS) is 11.2. The first-order valence-electron chi connectivity index (χ1n) is 4.97. The van der Waals surface area contributed by atoms with Crippen LogP contribution in [-0.2, 0) is 9.53 Å². The van der Waals surface area contributed by atoms with Crippen LogP contribution in [0.15, 0.2) is 23.3 Å². The lowest BCUT2D eigenvalue weighted by Gasteiger charge is -2.04. The zero-order valence-corrected chi connectivity index (χ0v) is 9.46. The maximum absolute atomic E-state index is 13.2. The number of nitrogens with one attached hydrogen (secondary N) is 1. The molecule has 6 heteroatoms. The van der Waals surface area contributed by atoms with Crippen molar-refractivity contribution >= 4 is 17.4 Å². The lowest BCUT2D eigenvalue weighted by Crippen LogP contribution is -2.15. The largest absolute Gasteiger partial charge is 0.461 e. The molecular weight excluding hydrogens is 230 g/mol. The number of nitrogens with zero attached hydrogens (tertiary/aromatic N) is 1. The van der Waals surface area contributed by atoms with Crippen LogP contribution in [0.1, 0.15) is 13.8 Å². The van der Waals surface area contributed by atoms with E-state index in [-0.39, 0.29) is 18.0 Å². The molecule has 0 heterocycles. The lowest BCUT2D eigenvalue weighted by molar-refractivity contribution is -0.135. The Labute approximate surface area is 97.3 Å². The second kappa shape index (κ2) is 5.93. The summed E-state index contributed by atoms with van der Waals surface area (Å²) in [6.07, 6.45) is 0. The van der Waals surface area contributed by atoms with Crippen LogP contribution in [0.3, 0.4) is 0 Å². The number of anilines is 1. The Bertz CT molecular complexity index is 447. The van der Waals surface area contributed by atoms with Gasteiger partial charge in [-0.15, -0.1) is 0 Å². The molecule has 0 radical (unpaired) electrons. The molecule has 0 bridgehead atoms. The zero-order valence-electron chi connectivity index (χ0n) is 9.46. The second-order valence-electron chi connectivity index (χ2n) is 3.13. The highest BCUT2D eigenvalue weighted by molar-refractivity contribution is 6.35. The Morgan fingerprint density at radius 1 is 1.47 bits per heavy atom. The molecule has 4 nitrogen and oxygen atoms in total. The molecule has 0 saturated heterocycles. The smallest absolute Gasteiger partial charge is 0.354 e. The number of rotatable bonds is 4. The number of carbonyl (C=O) groups is 1. The molecule has 1 rings (SSSR count). The fourth-order valence-electron chi connectivity index (χ4n) is 1.02. The van der Waals surface area contributed by atoms with Gasteiger partial charge in [-0.05, 0) is 26.0 Å². The molecule has 0 saturated carbocycles. The molecule has 1 aromatic carbocycles. The van der Waals surface area contributed by atoms with Crippen LogP contribution >= 0.6 is 0 Å². The van der Waals surface area contributed by atoms with Crippen LogP contribution in [0.25, 0.3) is 0 Å². The second-order valence-corrected chi connectivity index (χ2v) is 3.13. The van der Waals surface area contributed by atoms with E-state index in [0.717, 1.165) is 6.07 Å². The number of benzene rings is 1. The third-order valence-electron chi connectivity index (χ3n) is 1.87. The van der Waals surface area contributed by atoms with Crippen molar-refractivity contribution in [2.24, 2.45) is 5.10 Å². The molecule has 0 unspecified atom stereocenters. The van der Waals surface area contributed by atoms with Crippen molar-refractivity contribution in [2.75, 3.05) is 12.0 Å². The van der Waals surface area contributed by atoms with Crippen LogP contribution in [0, 0.1) is 11.6 Å². The van der Waals surface area contributed by atoms with Gasteiger partial charge in [0.15, 0.2) is 11.6 Å². The Kier molecular flexibility index (Phi) is 4.56. The van der Waals surface area contributed by atoms with E-state index in [9.17, 15) is 13.6 Å². The highest BCUT2D eigenvalue weighted by Crippen LogP contribution is 2.16. The number of hydrazone groups is 1. The van der Waals surface area contributed by atoms with Crippen LogP contribution in [0.4, 0.5) is 14.5 Å². The van der Waals surface area contributed by atoms with E-state index in [4.69, 9.17) is 0 Å². The zero-order chi connectivity index (χ0) is 12.8. The minimum atomic E-state index is -1.05. The molecule has 0 aliphatic carbocycles. The average molecular weight is 242 g/mol. The van der Waals surface area contributed by atoms with E-state index in [1.165, 1.54) is 19.1 Å². The van der Waals surface area contributed by atoms with Gasteiger partial charge in [-0.2, -0.15) is 5.10 Å². The Balaban J connectivity index is 2.75. The predicted molar refractivity (Wildman–Crippen MR) is 59.7 cm³/mol. The highest BCUT2D eigenvalue weighted by Gasteiger charge is 2.09. The summed E-state index contributed by atoms with van der Waals surface area (Å²) in [5, 5.41) is 3.60. The molecule has 0 atom stereocenters. The number of hydrogen-bond donors (Lipinski definition) is 1. The summed E-state index contributed by atoms with van der Waals surface area (Å²) >= 11 is 0. The number of hydrogen-bond acceptors (Lipinski definition) is 4. The Hall–Kier alpha value is -1.98. The fourth-order valence-corrected chi connectivity index (χ4v) is 1.02. The Morgan fingerprint density at radius 3 is 2.82 bits per heavy atom.